The van der Waals surface area contributed by atoms with Crippen molar-refractivity contribution in [1.29, 1.82) is 5.26 Å². The monoisotopic (exact) mass is 379 g/mol. The summed E-state index contributed by atoms with van der Waals surface area (Å²) in [7, 11) is 0. The van der Waals surface area contributed by atoms with Crippen LogP contribution in [-0.4, -0.2) is 15.4 Å². The quantitative estimate of drug-likeness (QED) is 0.679. The second-order valence-corrected chi connectivity index (χ2v) is 10.2. The fourth-order valence-electron chi connectivity index (χ4n) is 6.02. The summed E-state index contributed by atoms with van der Waals surface area (Å²) in [4.78, 5) is 0. The molecule has 0 spiro atoms. The highest BCUT2D eigenvalue weighted by molar-refractivity contribution is 7.99. The Balaban J connectivity index is 1.30. The number of aryl methyl sites for hydroxylation is 1. The lowest BCUT2D eigenvalue weighted by Gasteiger charge is -2.55. The Morgan fingerprint density at radius 2 is 1.74 bits per heavy atom. The Hall–Kier alpha value is -1.80. The smallest absolute Gasteiger partial charge is 0.277 e. The van der Waals surface area contributed by atoms with Crippen LogP contribution in [0.2, 0.25) is 0 Å². The zero-order chi connectivity index (χ0) is 18.4. The van der Waals surface area contributed by atoms with Gasteiger partial charge >= 0.3 is 0 Å². The molecule has 27 heavy (non-hydrogen) atoms. The van der Waals surface area contributed by atoms with Crippen molar-refractivity contribution in [2.24, 2.45) is 17.8 Å². The fraction of sp³-hybridized carbons (Fsp3) is 0.591. The Morgan fingerprint density at radius 1 is 1.11 bits per heavy atom. The minimum absolute atomic E-state index is 0.125. The molecular weight excluding hydrogens is 354 g/mol. The molecule has 5 heteroatoms. The van der Waals surface area contributed by atoms with Crippen LogP contribution in [0.15, 0.2) is 33.9 Å². The summed E-state index contributed by atoms with van der Waals surface area (Å²) >= 11 is 1.41. The first-order valence-corrected chi connectivity index (χ1v) is 11.0. The van der Waals surface area contributed by atoms with E-state index in [-0.39, 0.29) is 10.7 Å². The zero-order valence-corrected chi connectivity index (χ0v) is 16.5. The van der Waals surface area contributed by atoms with Gasteiger partial charge in [0.25, 0.3) is 5.22 Å². The van der Waals surface area contributed by atoms with Crippen LogP contribution in [0.1, 0.15) is 55.5 Å². The number of thioether (sulfide) groups is 1. The molecule has 0 saturated heterocycles. The van der Waals surface area contributed by atoms with Gasteiger partial charge < -0.3 is 4.42 Å². The van der Waals surface area contributed by atoms with Crippen LogP contribution in [0.3, 0.4) is 0 Å². The van der Waals surface area contributed by atoms with Crippen molar-refractivity contribution in [2.45, 2.75) is 67.8 Å². The van der Waals surface area contributed by atoms with E-state index in [1.807, 2.05) is 0 Å². The molecule has 6 rings (SSSR count). The lowest BCUT2D eigenvalue weighted by atomic mass is 9.49. The summed E-state index contributed by atoms with van der Waals surface area (Å²) < 4.78 is 6.15. The molecule has 4 fully saturated rings. The van der Waals surface area contributed by atoms with E-state index in [2.05, 4.69) is 47.5 Å². The van der Waals surface area contributed by atoms with E-state index in [9.17, 15) is 5.26 Å². The average Bonchev–Trinajstić information content (AvgIpc) is 3.11. The summed E-state index contributed by atoms with van der Waals surface area (Å²) in [5.41, 5.74) is 2.53. The molecule has 0 radical (unpaired) electrons. The van der Waals surface area contributed by atoms with Crippen molar-refractivity contribution in [2.75, 3.05) is 0 Å². The van der Waals surface area contributed by atoms with Gasteiger partial charge in [-0.05, 0) is 86.9 Å². The van der Waals surface area contributed by atoms with Gasteiger partial charge in [0, 0.05) is 5.41 Å². The predicted octanol–water partition coefficient (Wildman–Crippen LogP) is 5.07. The van der Waals surface area contributed by atoms with E-state index in [1.54, 1.807) is 0 Å². The van der Waals surface area contributed by atoms with Gasteiger partial charge in [0.2, 0.25) is 5.89 Å². The second-order valence-electron chi connectivity index (χ2n) is 9.00. The molecule has 4 nitrogen and oxygen atoms in total. The van der Waals surface area contributed by atoms with Crippen LogP contribution in [0.25, 0.3) is 0 Å². The molecule has 1 atom stereocenters. The van der Waals surface area contributed by atoms with Crippen LogP contribution in [0.4, 0.5) is 0 Å². The molecule has 1 aromatic carbocycles. The van der Waals surface area contributed by atoms with Crippen LogP contribution in [0.5, 0.6) is 0 Å². The number of aromatic nitrogens is 2. The number of nitriles is 1. The van der Waals surface area contributed by atoms with Crippen molar-refractivity contribution < 1.29 is 4.42 Å². The van der Waals surface area contributed by atoms with Crippen LogP contribution in [0, 0.1) is 36.0 Å². The summed E-state index contributed by atoms with van der Waals surface area (Å²) in [6, 6.07) is 10.8. The molecule has 4 bridgehead atoms. The molecule has 4 aliphatic carbocycles. The zero-order valence-electron chi connectivity index (χ0n) is 15.7. The minimum atomic E-state index is -0.211. The molecule has 0 aliphatic heterocycles. The number of rotatable bonds is 5. The maximum atomic E-state index is 9.58. The van der Waals surface area contributed by atoms with E-state index in [0.717, 1.165) is 23.6 Å². The van der Waals surface area contributed by atoms with Crippen LogP contribution >= 0.6 is 11.8 Å². The SMILES string of the molecule is Cc1ccc(C[C@H](C#N)Sc2nnc(C34CC5CC(CC(C5)C3)C4)o2)cc1. The highest BCUT2D eigenvalue weighted by Crippen LogP contribution is 2.60. The molecule has 0 amide bonds. The third-order valence-corrected chi connectivity index (χ3v) is 7.75. The third kappa shape index (κ3) is 3.29. The Kier molecular flexibility index (Phi) is 4.27. The van der Waals surface area contributed by atoms with Crippen molar-refractivity contribution in [3.8, 4) is 6.07 Å². The number of benzene rings is 1. The Labute approximate surface area is 164 Å². The lowest BCUT2D eigenvalue weighted by Crippen LogP contribution is -2.48. The highest BCUT2D eigenvalue weighted by Gasteiger charge is 2.54. The molecular formula is C22H25N3OS. The maximum Gasteiger partial charge on any atom is 0.277 e. The van der Waals surface area contributed by atoms with Crippen LogP contribution < -0.4 is 0 Å². The first kappa shape index (κ1) is 17.3. The summed E-state index contributed by atoms with van der Waals surface area (Å²) in [5, 5.41) is 18.7. The summed E-state index contributed by atoms with van der Waals surface area (Å²) in [6.45, 7) is 2.07. The van der Waals surface area contributed by atoms with Crippen molar-refractivity contribution in [3.05, 3.63) is 41.3 Å². The van der Waals surface area contributed by atoms with Gasteiger partial charge in [-0.1, -0.05) is 29.8 Å². The number of hydrogen-bond donors (Lipinski definition) is 0. The fourth-order valence-corrected chi connectivity index (χ4v) is 6.80. The van der Waals surface area contributed by atoms with Gasteiger partial charge in [-0.3, -0.25) is 0 Å². The van der Waals surface area contributed by atoms with E-state index in [1.165, 1.54) is 61.4 Å². The van der Waals surface area contributed by atoms with Gasteiger partial charge in [0.05, 0.1) is 6.07 Å². The second kappa shape index (κ2) is 6.67. The predicted molar refractivity (Wildman–Crippen MR) is 104 cm³/mol. The van der Waals surface area contributed by atoms with Crippen LogP contribution in [-0.2, 0) is 11.8 Å². The number of hydrogen-bond acceptors (Lipinski definition) is 5. The van der Waals surface area contributed by atoms with E-state index < -0.39 is 0 Å². The standard InChI is InChI=1S/C22H25N3OS/c1-14-2-4-15(5-3-14)9-19(13-23)27-21-25-24-20(26-21)22-10-16-6-17(11-22)8-18(7-16)12-22/h2-5,16-19H,6-12H2,1H3/t16?,17?,18?,19-,22?/m1/s1. The minimum Gasteiger partial charge on any atom is -0.415 e. The topological polar surface area (TPSA) is 62.7 Å². The summed E-state index contributed by atoms with van der Waals surface area (Å²) in [6.07, 6.45) is 8.56. The van der Waals surface area contributed by atoms with E-state index in [0.29, 0.717) is 11.6 Å². The Bertz CT molecular complexity index is 831. The Morgan fingerprint density at radius 3 is 2.33 bits per heavy atom. The largest absolute Gasteiger partial charge is 0.415 e. The van der Waals surface area contributed by atoms with Gasteiger partial charge in [-0.15, -0.1) is 10.2 Å². The maximum absolute atomic E-state index is 9.58. The number of nitrogens with zero attached hydrogens (tertiary/aromatic N) is 3. The third-order valence-electron chi connectivity index (χ3n) is 6.83. The van der Waals surface area contributed by atoms with Crippen molar-refractivity contribution >= 4 is 11.8 Å². The first-order chi connectivity index (χ1) is 13.1. The average molecular weight is 380 g/mol. The van der Waals surface area contributed by atoms with Gasteiger partial charge in [0.15, 0.2) is 0 Å². The molecule has 4 saturated carbocycles. The van der Waals surface area contributed by atoms with Gasteiger partial charge in [0.1, 0.15) is 5.25 Å². The molecule has 1 aromatic heterocycles. The first-order valence-electron chi connectivity index (χ1n) is 10.1. The van der Waals surface area contributed by atoms with E-state index in [4.69, 9.17) is 4.42 Å². The molecule has 2 aromatic rings. The van der Waals surface area contributed by atoms with Crippen molar-refractivity contribution in [3.63, 3.8) is 0 Å². The van der Waals surface area contributed by atoms with Gasteiger partial charge in [-0.25, -0.2) is 0 Å². The van der Waals surface area contributed by atoms with E-state index >= 15 is 0 Å². The highest BCUT2D eigenvalue weighted by atomic mass is 32.2. The molecule has 0 N–H and O–H groups in total. The molecule has 140 valence electrons. The molecule has 0 unspecified atom stereocenters. The molecule has 4 aliphatic rings. The summed E-state index contributed by atoms with van der Waals surface area (Å²) in [5.74, 6) is 3.41. The van der Waals surface area contributed by atoms with Crippen molar-refractivity contribution in [1.82, 2.24) is 10.2 Å². The van der Waals surface area contributed by atoms with Gasteiger partial charge in [-0.2, -0.15) is 5.26 Å². The lowest BCUT2D eigenvalue weighted by molar-refractivity contribution is -0.0191. The molecule has 1 heterocycles. The normalized spacial score (nSPS) is 32.4.